The quantitative estimate of drug-likeness (QED) is 0.707. The smallest absolute Gasteiger partial charge is 0.273 e. The van der Waals surface area contributed by atoms with Gasteiger partial charge in [0.25, 0.3) is 5.56 Å². The number of nitrogens with zero attached hydrogens (tertiary/aromatic N) is 3. The van der Waals surface area contributed by atoms with Gasteiger partial charge in [-0.3, -0.25) is 14.3 Å². The van der Waals surface area contributed by atoms with E-state index >= 15 is 0 Å². The van der Waals surface area contributed by atoms with Gasteiger partial charge in [-0.15, -0.1) is 0 Å². The minimum absolute atomic E-state index is 0.401. The van der Waals surface area contributed by atoms with Crippen molar-refractivity contribution in [2.75, 3.05) is 0 Å². The van der Waals surface area contributed by atoms with Gasteiger partial charge in [0.05, 0.1) is 11.9 Å². The molecule has 0 radical (unpaired) electrons. The first-order valence-corrected chi connectivity index (χ1v) is 6.22. The lowest BCUT2D eigenvalue weighted by molar-refractivity contribution is 0.719. The van der Waals surface area contributed by atoms with Crippen LogP contribution in [0.4, 0.5) is 0 Å². The summed E-state index contributed by atoms with van der Waals surface area (Å²) >= 11 is 0. The zero-order chi connectivity index (χ0) is 13.7. The molecule has 1 aromatic carbocycles. The van der Waals surface area contributed by atoms with Crippen molar-refractivity contribution in [3.05, 3.63) is 69.0 Å². The molecule has 6 nitrogen and oxygen atoms in total. The first-order chi connectivity index (χ1) is 9.75. The number of allylic oxidation sites excluding steroid dienone is 1. The van der Waals surface area contributed by atoms with E-state index in [1.165, 1.54) is 10.8 Å². The van der Waals surface area contributed by atoms with Crippen LogP contribution < -0.4 is 11.2 Å². The predicted molar refractivity (Wildman–Crippen MR) is 74.4 cm³/mol. The third-order valence-corrected chi connectivity index (χ3v) is 3.47. The van der Waals surface area contributed by atoms with Gasteiger partial charge in [0.2, 0.25) is 0 Å². The second-order valence-corrected chi connectivity index (χ2v) is 4.62. The Balaban J connectivity index is 2.08. The van der Waals surface area contributed by atoms with Crippen LogP contribution in [0.1, 0.15) is 5.56 Å². The molecule has 0 bridgehead atoms. The van der Waals surface area contributed by atoms with E-state index < -0.39 is 11.2 Å². The van der Waals surface area contributed by atoms with Crippen LogP contribution in [0.25, 0.3) is 16.7 Å². The molecule has 3 aromatic rings. The number of rotatable bonds is 1. The van der Waals surface area contributed by atoms with E-state index in [1.54, 1.807) is 4.68 Å². The lowest BCUT2D eigenvalue weighted by Gasteiger charge is -2.17. The lowest BCUT2D eigenvalue weighted by Crippen LogP contribution is -2.32. The average Bonchev–Trinajstić information content (AvgIpc) is 2.91. The Bertz CT molecular complexity index is 960. The van der Waals surface area contributed by atoms with Gasteiger partial charge < -0.3 is 0 Å². The summed E-state index contributed by atoms with van der Waals surface area (Å²) in [7, 11) is 0. The number of hydrogen-bond donors (Lipinski definition) is 1. The summed E-state index contributed by atoms with van der Waals surface area (Å²) in [5.41, 5.74) is 1.61. The van der Waals surface area contributed by atoms with E-state index in [1.807, 2.05) is 36.4 Å². The fourth-order valence-corrected chi connectivity index (χ4v) is 2.55. The minimum Gasteiger partial charge on any atom is -0.273 e. The monoisotopic (exact) mass is 266 g/mol. The highest BCUT2D eigenvalue weighted by atomic mass is 16.2. The van der Waals surface area contributed by atoms with Crippen molar-refractivity contribution in [2.45, 2.75) is 6.54 Å². The molecule has 0 spiro atoms. The number of hydrogen-bond acceptors (Lipinski definition) is 3. The highest BCUT2D eigenvalue weighted by Crippen LogP contribution is 2.23. The molecule has 0 atom stereocenters. The van der Waals surface area contributed by atoms with E-state index in [0.717, 1.165) is 11.3 Å². The maximum atomic E-state index is 11.8. The number of benzene rings is 1. The van der Waals surface area contributed by atoms with Crippen LogP contribution in [-0.2, 0) is 6.54 Å². The summed E-state index contributed by atoms with van der Waals surface area (Å²) < 4.78 is 3.15. The second-order valence-electron chi connectivity index (χ2n) is 4.62. The van der Waals surface area contributed by atoms with Crippen molar-refractivity contribution in [1.29, 1.82) is 0 Å². The molecular weight excluding hydrogens is 256 g/mol. The van der Waals surface area contributed by atoms with E-state index in [-0.39, 0.29) is 0 Å². The molecule has 0 amide bonds. The molecule has 1 aliphatic heterocycles. The first-order valence-electron chi connectivity index (χ1n) is 6.22. The van der Waals surface area contributed by atoms with Crippen LogP contribution in [-0.4, -0.2) is 19.3 Å². The van der Waals surface area contributed by atoms with Gasteiger partial charge in [0.15, 0.2) is 5.65 Å². The molecule has 2 aromatic heterocycles. The van der Waals surface area contributed by atoms with Crippen LogP contribution in [0, 0.1) is 0 Å². The normalized spacial score (nSPS) is 13.5. The van der Waals surface area contributed by atoms with Crippen LogP contribution in [0.15, 0.2) is 52.2 Å². The molecule has 0 saturated carbocycles. The summed E-state index contributed by atoms with van der Waals surface area (Å²) in [5, 5.41) is 4.68. The van der Waals surface area contributed by atoms with Crippen molar-refractivity contribution < 1.29 is 0 Å². The predicted octanol–water partition coefficient (Wildman–Crippen LogP) is 0.789. The SMILES string of the molecule is O=c1[nH]c(=O)n2c3c1cnn3C(c1ccccc1)=CC2. The van der Waals surface area contributed by atoms with E-state index in [2.05, 4.69) is 10.1 Å². The summed E-state index contributed by atoms with van der Waals surface area (Å²) in [6.07, 6.45) is 3.42. The number of aromatic amines is 1. The van der Waals surface area contributed by atoms with Crippen molar-refractivity contribution >= 4 is 16.7 Å². The molecule has 0 aliphatic carbocycles. The molecule has 0 fully saturated rings. The highest BCUT2D eigenvalue weighted by Gasteiger charge is 2.19. The molecule has 6 heteroatoms. The fourth-order valence-electron chi connectivity index (χ4n) is 2.55. The van der Waals surface area contributed by atoms with Crippen molar-refractivity contribution in [1.82, 2.24) is 19.3 Å². The molecule has 4 rings (SSSR count). The van der Waals surface area contributed by atoms with Crippen LogP contribution in [0.3, 0.4) is 0 Å². The van der Waals surface area contributed by atoms with Crippen molar-refractivity contribution in [3.8, 4) is 0 Å². The molecule has 1 aliphatic rings. The first kappa shape index (κ1) is 11.0. The van der Waals surface area contributed by atoms with Gasteiger partial charge in [-0.05, 0) is 11.6 Å². The average molecular weight is 266 g/mol. The molecule has 98 valence electrons. The Labute approximate surface area is 112 Å². The summed E-state index contributed by atoms with van der Waals surface area (Å²) in [5.74, 6) is 0. The van der Waals surface area contributed by atoms with Crippen LogP contribution >= 0.6 is 0 Å². The standard InChI is InChI=1S/C14H10N4O2/c19-12-10-8-15-18-11(9-4-2-1-3-5-9)6-7-17(13(10)18)14(20)16-12/h1-6,8H,7H2,(H,16,19,20). The third kappa shape index (κ3) is 1.36. The number of aromatic nitrogens is 4. The Morgan fingerprint density at radius 1 is 1.15 bits per heavy atom. The molecule has 0 unspecified atom stereocenters. The third-order valence-electron chi connectivity index (χ3n) is 3.47. The second kappa shape index (κ2) is 3.80. The largest absolute Gasteiger partial charge is 0.330 e. The number of nitrogens with one attached hydrogen (secondary N) is 1. The number of H-pyrrole nitrogens is 1. The van der Waals surface area contributed by atoms with Gasteiger partial charge >= 0.3 is 5.69 Å². The van der Waals surface area contributed by atoms with Crippen molar-refractivity contribution in [2.24, 2.45) is 0 Å². The fraction of sp³-hybridized carbons (Fsp3) is 0.0714. The van der Waals surface area contributed by atoms with Gasteiger partial charge in [0, 0.05) is 6.54 Å². The zero-order valence-electron chi connectivity index (χ0n) is 10.4. The lowest BCUT2D eigenvalue weighted by atomic mass is 10.1. The minimum atomic E-state index is -0.410. The maximum absolute atomic E-state index is 11.8. The Morgan fingerprint density at radius 2 is 1.95 bits per heavy atom. The van der Waals surface area contributed by atoms with Crippen LogP contribution in [0.2, 0.25) is 0 Å². The Kier molecular flexibility index (Phi) is 2.09. The van der Waals surface area contributed by atoms with Gasteiger partial charge in [-0.2, -0.15) is 5.10 Å². The Morgan fingerprint density at radius 3 is 2.75 bits per heavy atom. The molecular formula is C14H10N4O2. The summed E-state index contributed by atoms with van der Waals surface area (Å²) in [4.78, 5) is 26.0. The van der Waals surface area contributed by atoms with Crippen LogP contribution in [0.5, 0.6) is 0 Å². The van der Waals surface area contributed by atoms with E-state index in [4.69, 9.17) is 0 Å². The summed E-state index contributed by atoms with van der Waals surface area (Å²) in [6, 6.07) is 9.77. The topological polar surface area (TPSA) is 72.7 Å². The molecule has 3 heterocycles. The zero-order valence-corrected chi connectivity index (χ0v) is 10.4. The van der Waals surface area contributed by atoms with Gasteiger partial charge in [-0.1, -0.05) is 30.3 Å². The van der Waals surface area contributed by atoms with Gasteiger partial charge in [-0.25, -0.2) is 9.48 Å². The van der Waals surface area contributed by atoms with E-state index in [9.17, 15) is 9.59 Å². The molecule has 20 heavy (non-hydrogen) atoms. The van der Waals surface area contributed by atoms with Crippen molar-refractivity contribution in [3.63, 3.8) is 0 Å². The van der Waals surface area contributed by atoms with E-state index in [0.29, 0.717) is 17.6 Å². The molecule has 1 N–H and O–H groups in total. The maximum Gasteiger partial charge on any atom is 0.330 e. The highest BCUT2D eigenvalue weighted by molar-refractivity contribution is 5.82. The molecule has 0 saturated heterocycles. The Hall–Kier alpha value is -2.89. The summed E-state index contributed by atoms with van der Waals surface area (Å²) in [6.45, 7) is 0.419. The van der Waals surface area contributed by atoms with Gasteiger partial charge in [0.1, 0.15) is 5.39 Å².